The van der Waals surface area contributed by atoms with Crippen molar-refractivity contribution in [3.05, 3.63) is 117 Å². The summed E-state index contributed by atoms with van der Waals surface area (Å²) in [6.45, 7) is 2.34. The Morgan fingerprint density at radius 1 is 0.977 bits per heavy atom. The first-order valence-corrected chi connectivity index (χ1v) is 16.3. The second kappa shape index (κ2) is 13.9. The lowest BCUT2D eigenvalue weighted by Crippen LogP contribution is -2.50. The molecule has 0 unspecified atom stereocenters. The third-order valence-electron chi connectivity index (χ3n) is 9.49. The van der Waals surface area contributed by atoms with Crippen LogP contribution in [0.1, 0.15) is 78.7 Å². The lowest BCUT2D eigenvalue weighted by molar-refractivity contribution is -0.128. The average Bonchev–Trinajstić information content (AvgIpc) is 3.45. The van der Waals surface area contributed by atoms with Gasteiger partial charge in [0.15, 0.2) is 0 Å². The lowest BCUT2D eigenvalue weighted by Gasteiger charge is -2.29. The molecule has 0 aromatic heterocycles. The fraction of sp³-hybridized carbons (Fsp3) is 0.405. The topological polar surface area (TPSA) is 61.4 Å². The van der Waals surface area contributed by atoms with Crippen LogP contribution in [-0.4, -0.2) is 35.3 Å². The molecule has 3 aromatic rings. The van der Waals surface area contributed by atoms with E-state index < -0.39 is 0 Å². The van der Waals surface area contributed by atoms with Crippen molar-refractivity contribution >= 4 is 23.4 Å². The Hall–Kier alpha value is -3.41. The molecule has 0 spiro atoms. The molecule has 2 heterocycles. The first-order valence-electron chi connectivity index (χ1n) is 15.9. The fourth-order valence-corrected chi connectivity index (χ4v) is 7.13. The monoisotopic (exact) mass is 595 g/mol. The summed E-state index contributed by atoms with van der Waals surface area (Å²) >= 11 is 6.15. The molecule has 2 atom stereocenters. The maximum Gasteiger partial charge on any atom is 0.237 e. The minimum absolute atomic E-state index is 0.0107. The predicted octanol–water partition coefficient (Wildman–Crippen LogP) is 6.88. The van der Waals surface area contributed by atoms with E-state index in [1.807, 2.05) is 17.0 Å². The average molecular weight is 596 g/mol. The molecular formula is C37H42ClN3O2. The van der Waals surface area contributed by atoms with Gasteiger partial charge in [0.05, 0.1) is 6.04 Å². The molecule has 3 aromatic carbocycles. The van der Waals surface area contributed by atoms with Gasteiger partial charge in [-0.15, -0.1) is 0 Å². The van der Waals surface area contributed by atoms with Crippen LogP contribution in [0.5, 0.6) is 0 Å². The third kappa shape index (κ3) is 7.57. The van der Waals surface area contributed by atoms with Crippen LogP contribution in [0, 0.1) is 0 Å². The Kier molecular flexibility index (Phi) is 9.60. The number of nitrogens with one attached hydrogen (secondary N) is 2. The van der Waals surface area contributed by atoms with Crippen LogP contribution in [0.25, 0.3) is 0 Å². The summed E-state index contributed by atoms with van der Waals surface area (Å²) in [4.78, 5) is 27.7. The Morgan fingerprint density at radius 2 is 1.72 bits per heavy atom. The van der Waals surface area contributed by atoms with Crippen LogP contribution >= 0.6 is 11.6 Å². The SMILES string of the molecule is O=C(N[C@H](CC=C1CCC(c2ccccc2CN2CCCC2=O)CC1)Cc1ccc(Cl)cc1)[C@H]1Cc2ccccc2CN1. The highest BCUT2D eigenvalue weighted by molar-refractivity contribution is 6.30. The first-order chi connectivity index (χ1) is 21.0. The summed E-state index contributed by atoms with van der Waals surface area (Å²) < 4.78 is 0. The van der Waals surface area contributed by atoms with Crippen molar-refractivity contribution in [1.82, 2.24) is 15.5 Å². The number of carbonyl (C=O) groups is 2. The molecule has 2 N–H and O–H groups in total. The highest BCUT2D eigenvalue weighted by Gasteiger charge is 2.27. The van der Waals surface area contributed by atoms with E-state index >= 15 is 0 Å². The van der Waals surface area contributed by atoms with Gasteiger partial charge in [-0.25, -0.2) is 0 Å². The summed E-state index contributed by atoms with van der Waals surface area (Å²) in [5.41, 5.74) is 7.91. The molecule has 2 amide bonds. The minimum Gasteiger partial charge on any atom is -0.351 e. The number of rotatable bonds is 9. The quantitative estimate of drug-likeness (QED) is 0.265. The molecule has 0 radical (unpaired) electrons. The van der Waals surface area contributed by atoms with Crippen molar-refractivity contribution in [2.75, 3.05) is 6.54 Å². The van der Waals surface area contributed by atoms with E-state index in [2.05, 4.69) is 77.4 Å². The molecule has 2 aliphatic heterocycles. The van der Waals surface area contributed by atoms with Crippen molar-refractivity contribution in [1.29, 1.82) is 0 Å². The van der Waals surface area contributed by atoms with Crippen LogP contribution in [0.15, 0.2) is 84.4 Å². The predicted molar refractivity (Wildman–Crippen MR) is 173 cm³/mol. The van der Waals surface area contributed by atoms with Gasteiger partial charge >= 0.3 is 0 Å². The van der Waals surface area contributed by atoms with E-state index in [0.717, 1.165) is 69.6 Å². The zero-order chi connectivity index (χ0) is 29.6. The van der Waals surface area contributed by atoms with Crippen LogP contribution in [0.2, 0.25) is 5.02 Å². The van der Waals surface area contributed by atoms with Gasteiger partial charge in [0.1, 0.15) is 0 Å². The molecular weight excluding hydrogens is 554 g/mol. The summed E-state index contributed by atoms with van der Waals surface area (Å²) in [7, 11) is 0. The van der Waals surface area contributed by atoms with Crippen LogP contribution in [0.4, 0.5) is 0 Å². The highest BCUT2D eigenvalue weighted by Crippen LogP contribution is 2.37. The second-order valence-electron chi connectivity index (χ2n) is 12.4. The number of allylic oxidation sites excluding steroid dienone is 1. The Labute approximate surface area is 260 Å². The summed E-state index contributed by atoms with van der Waals surface area (Å²) in [6, 6.07) is 24.8. The maximum atomic E-state index is 13.4. The van der Waals surface area contributed by atoms with E-state index in [4.69, 9.17) is 11.6 Å². The van der Waals surface area contributed by atoms with Gasteiger partial charge in [-0.1, -0.05) is 83.9 Å². The van der Waals surface area contributed by atoms with Crippen molar-refractivity contribution in [2.45, 2.75) is 88.9 Å². The standard InChI is InChI=1S/C37H42ClN3O2/c38-32-18-13-27(14-19-32)22-33(40-37(43)35-23-29-6-1-2-7-30(29)24-39-35)20-15-26-11-16-28(17-12-26)34-9-4-3-8-31(34)25-41-21-5-10-36(41)42/h1-4,6-9,13-15,18-19,28,33,35,39H,5,10-12,16-17,20-25H2,(H,40,43)/t28?,33-,35-/m1/s1. The van der Waals surface area contributed by atoms with Crippen molar-refractivity contribution in [3.8, 4) is 0 Å². The number of amides is 2. The van der Waals surface area contributed by atoms with E-state index in [0.29, 0.717) is 18.8 Å². The molecule has 0 bridgehead atoms. The largest absolute Gasteiger partial charge is 0.351 e. The fourth-order valence-electron chi connectivity index (χ4n) is 7.01. The Balaban J connectivity index is 1.09. The zero-order valence-electron chi connectivity index (χ0n) is 24.9. The van der Waals surface area contributed by atoms with Gasteiger partial charge < -0.3 is 15.5 Å². The Bertz CT molecular complexity index is 1460. The van der Waals surface area contributed by atoms with Gasteiger partial charge in [0.25, 0.3) is 0 Å². The first kappa shape index (κ1) is 29.7. The van der Waals surface area contributed by atoms with Gasteiger partial charge in [-0.3, -0.25) is 9.59 Å². The summed E-state index contributed by atoms with van der Waals surface area (Å²) in [5, 5.41) is 7.55. The lowest BCUT2D eigenvalue weighted by atomic mass is 9.79. The van der Waals surface area contributed by atoms with Crippen molar-refractivity contribution < 1.29 is 9.59 Å². The van der Waals surface area contributed by atoms with Gasteiger partial charge in [-0.05, 0) is 97.2 Å². The number of nitrogens with zero attached hydrogens (tertiary/aromatic N) is 1. The number of hydrogen-bond acceptors (Lipinski definition) is 3. The van der Waals surface area contributed by atoms with Crippen molar-refractivity contribution in [3.63, 3.8) is 0 Å². The second-order valence-corrected chi connectivity index (χ2v) is 12.9. The molecule has 5 nitrogen and oxygen atoms in total. The van der Waals surface area contributed by atoms with Crippen LogP contribution < -0.4 is 10.6 Å². The molecule has 3 aliphatic rings. The number of hydrogen-bond donors (Lipinski definition) is 2. The molecule has 2 fully saturated rings. The summed E-state index contributed by atoms with van der Waals surface area (Å²) in [6.07, 6.45) is 10.7. The van der Waals surface area contributed by atoms with Crippen LogP contribution in [-0.2, 0) is 35.5 Å². The molecule has 224 valence electrons. The van der Waals surface area contributed by atoms with E-state index in [9.17, 15) is 9.59 Å². The molecule has 6 rings (SSSR count). The molecule has 6 heteroatoms. The number of fused-ring (bicyclic) bond motifs is 1. The normalized spacial score (nSPS) is 20.9. The number of benzene rings is 3. The van der Waals surface area contributed by atoms with E-state index in [-0.39, 0.29) is 23.9 Å². The van der Waals surface area contributed by atoms with Crippen molar-refractivity contribution in [2.24, 2.45) is 0 Å². The highest BCUT2D eigenvalue weighted by atomic mass is 35.5. The summed E-state index contributed by atoms with van der Waals surface area (Å²) in [5.74, 6) is 0.882. The van der Waals surface area contributed by atoms with Gasteiger partial charge in [0, 0.05) is 37.1 Å². The van der Waals surface area contributed by atoms with E-state index in [1.165, 1.54) is 33.4 Å². The zero-order valence-corrected chi connectivity index (χ0v) is 25.6. The number of likely N-dealkylation sites (tertiary alicyclic amines) is 1. The van der Waals surface area contributed by atoms with Gasteiger partial charge in [-0.2, -0.15) is 0 Å². The number of halogens is 1. The maximum absolute atomic E-state index is 13.4. The number of carbonyl (C=O) groups excluding carboxylic acids is 2. The molecule has 1 saturated carbocycles. The Morgan fingerprint density at radius 3 is 2.49 bits per heavy atom. The van der Waals surface area contributed by atoms with Gasteiger partial charge in [0.2, 0.25) is 11.8 Å². The van der Waals surface area contributed by atoms with Crippen LogP contribution in [0.3, 0.4) is 0 Å². The molecule has 1 aliphatic carbocycles. The molecule has 43 heavy (non-hydrogen) atoms. The third-order valence-corrected chi connectivity index (χ3v) is 9.74. The smallest absolute Gasteiger partial charge is 0.237 e. The minimum atomic E-state index is -0.221. The van der Waals surface area contributed by atoms with E-state index in [1.54, 1.807) is 0 Å². The molecule has 1 saturated heterocycles.